The Morgan fingerprint density at radius 3 is 2.95 bits per heavy atom. The number of H-pyrrole nitrogens is 1. The molecule has 0 radical (unpaired) electrons. The van der Waals surface area contributed by atoms with Crippen LogP contribution in [0.3, 0.4) is 0 Å². The summed E-state index contributed by atoms with van der Waals surface area (Å²) in [6.45, 7) is 0.855. The number of nitrogens with zero attached hydrogens (tertiary/aromatic N) is 1. The van der Waals surface area contributed by atoms with Gasteiger partial charge in [-0.2, -0.15) is 0 Å². The van der Waals surface area contributed by atoms with E-state index in [1.54, 1.807) is 18.2 Å². The Bertz CT molecular complexity index is 658. The van der Waals surface area contributed by atoms with Gasteiger partial charge in [-0.3, -0.25) is 9.78 Å². The monoisotopic (exact) mass is 272 g/mol. The van der Waals surface area contributed by atoms with Crippen LogP contribution in [0.1, 0.15) is 32.1 Å². The van der Waals surface area contributed by atoms with Crippen LogP contribution in [0.15, 0.2) is 23.0 Å². The lowest BCUT2D eigenvalue weighted by Crippen LogP contribution is -2.15. The van der Waals surface area contributed by atoms with Crippen LogP contribution in [0.2, 0.25) is 0 Å². The van der Waals surface area contributed by atoms with E-state index >= 15 is 0 Å². The number of anilines is 2. The zero-order valence-electron chi connectivity index (χ0n) is 11.5. The molecule has 5 heteroatoms. The van der Waals surface area contributed by atoms with Crippen molar-refractivity contribution in [3.8, 4) is 0 Å². The van der Waals surface area contributed by atoms with Crippen molar-refractivity contribution in [2.45, 2.75) is 32.1 Å². The Morgan fingerprint density at radius 2 is 2.15 bits per heavy atom. The molecule has 0 saturated heterocycles. The summed E-state index contributed by atoms with van der Waals surface area (Å²) in [7, 11) is 0. The van der Waals surface area contributed by atoms with Crippen molar-refractivity contribution in [1.82, 2.24) is 9.97 Å². The highest BCUT2D eigenvalue weighted by atomic mass is 16.1. The summed E-state index contributed by atoms with van der Waals surface area (Å²) in [6, 6.07) is 5.20. The van der Waals surface area contributed by atoms with E-state index in [1.807, 2.05) is 0 Å². The first kappa shape index (κ1) is 13.0. The molecule has 0 aliphatic heterocycles. The third kappa shape index (κ3) is 2.76. The van der Waals surface area contributed by atoms with Gasteiger partial charge < -0.3 is 11.1 Å². The van der Waals surface area contributed by atoms with E-state index in [1.165, 1.54) is 25.7 Å². The van der Waals surface area contributed by atoms with Crippen LogP contribution in [-0.4, -0.2) is 16.5 Å². The van der Waals surface area contributed by atoms with Gasteiger partial charge in [0.1, 0.15) is 0 Å². The van der Waals surface area contributed by atoms with Crippen LogP contribution in [-0.2, 0) is 0 Å². The topological polar surface area (TPSA) is 83.8 Å². The van der Waals surface area contributed by atoms with Gasteiger partial charge in [0.25, 0.3) is 5.56 Å². The molecule has 1 aromatic carbocycles. The molecule has 1 fully saturated rings. The summed E-state index contributed by atoms with van der Waals surface area (Å²) in [4.78, 5) is 19.2. The minimum Gasteiger partial charge on any atom is -0.399 e. The van der Waals surface area contributed by atoms with Gasteiger partial charge in [-0.1, -0.05) is 25.7 Å². The zero-order valence-corrected chi connectivity index (χ0v) is 11.5. The summed E-state index contributed by atoms with van der Waals surface area (Å²) in [5, 5.41) is 3.75. The molecule has 3 rings (SSSR count). The van der Waals surface area contributed by atoms with Gasteiger partial charge in [-0.05, 0) is 30.5 Å². The number of fused-ring (bicyclic) bond motifs is 1. The number of aromatic nitrogens is 2. The normalized spacial score (nSPS) is 15.8. The number of nitrogen functional groups attached to an aromatic ring is 1. The summed E-state index contributed by atoms with van der Waals surface area (Å²) < 4.78 is 0. The summed E-state index contributed by atoms with van der Waals surface area (Å²) >= 11 is 0. The fourth-order valence-electron chi connectivity index (χ4n) is 2.93. The van der Waals surface area contributed by atoms with E-state index in [9.17, 15) is 4.79 Å². The molecule has 1 saturated carbocycles. The van der Waals surface area contributed by atoms with Gasteiger partial charge in [0.15, 0.2) is 0 Å². The van der Waals surface area contributed by atoms with E-state index < -0.39 is 0 Å². The first-order chi connectivity index (χ1) is 9.72. The highest BCUT2D eigenvalue weighted by Crippen LogP contribution is 2.27. The van der Waals surface area contributed by atoms with Crippen LogP contribution in [0.4, 0.5) is 11.6 Å². The van der Waals surface area contributed by atoms with Gasteiger partial charge in [-0.15, -0.1) is 0 Å². The number of rotatable bonds is 4. The Balaban J connectivity index is 1.72. The average Bonchev–Trinajstić information content (AvgIpc) is 2.93. The molecule has 0 amide bonds. The molecule has 4 N–H and O–H groups in total. The van der Waals surface area contributed by atoms with E-state index in [-0.39, 0.29) is 5.56 Å². The average molecular weight is 272 g/mol. The number of hydrogen-bond donors (Lipinski definition) is 3. The van der Waals surface area contributed by atoms with E-state index in [0.29, 0.717) is 22.5 Å². The highest BCUT2D eigenvalue weighted by Gasteiger charge is 2.14. The second-order valence-electron chi connectivity index (χ2n) is 5.56. The predicted octanol–water partition coefficient (Wildman–Crippen LogP) is 2.50. The van der Waals surface area contributed by atoms with Crippen molar-refractivity contribution < 1.29 is 0 Å². The Morgan fingerprint density at radius 1 is 1.35 bits per heavy atom. The second kappa shape index (κ2) is 5.53. The van der Waals surface area contributed by atoms with Gasteiger partial charge in [0.05, 0.1) is 10.9 Å². The smallest absolute Gasteiger partial charge is 0.260 e. The summed E-state index contributed by atoms with van der Waals surface area (Å²) in [6.07, 6.45) is 6.53. The minimum absolute atomic E-state index is 0.148. The lowest BCUT2D eigenvalue weighted by Gasteiger charge is -2.10. The van der Waals surface area contributed by atoms with Crippen molar-refractivity contribution in [2.75, 3.05) is 17.6 Å². The molecule has 1 aliphatic carbocycles. The number of benzene rings is 1. The summed E-state index contributed by atoms with van der Waals surface area (Å²) in [5.74, 6) is 1.37. The second-order valence-corrected chi connectivity index (χ2v) is 5.56. The van der Waals surface area contributed by atoms with Gasteiger partial charge in [0, 0.05) is 12.2 Å². The lowest BCUT2D eigenvalue weighted by molar-refractivity contribution is 0.518. The maximum absolute atomic E-state index is 12.0. The zero-order chi connectivity index (χ0) is 13.9. The van der Waals surface area contributed by atoms with Gasteiger partial charge in [0.2, 0.25) is 5.95 Å². The molecule has 0 atom stereocenters. The first-order valence-electron chi connectivity index (χ1n) is 7.26. The van der Waals surface area contributed by atoms with Crippen molar-refractivity contribution in [3.63, 3.8) is 0 Å². The fraction of sp³-hybridized carbons (Fsp3) is 0.467. The van der Waals surface area contributed by atoms with Gasteiger partial charge >= 0.3 is 0 Å². The van der Waals surface area contributed by atoms with Crippen molar-refractivity contribution in [3.05, 3.63) is 28.6 Å². The molecular weight excluding hydrogens is 252 g/mol. The number of aromatic amines is 1. The number of hydrogen-bond acceptors (Lipinski definition) is 4. The SMILES string of the molecule is Nc1ccc2nc(NCCC3CCCC3)[nH]c(=O)c2c1. The van der Waals surface area contributed by atoms with Crippen LogP contribution >= 0.6 is 0 Å². The Labute approximate surface area is 117 Å². The van der Waals surface area contributed by atoms with Crippen LogP contribution in [0.25, 0.3) is 10.9 Å². The van der Waals surface area contributed by atoms with Crippen molar-refractivity contribution in [1.29, 1.82) is 0 Å². The van der Waals surface area contributed by atoms with Crippen LogP contribution in [0, 0.1) is 5.92 Å². The molecule has 5 nitrogen and oxygen atoms in total. The number of nitrogens with one attached hydrogen (secondary N) is 2. The Kier molecular flexibility index (Phi) is 3.58. The Hall–Kier alpha value is -2.04. The predicted molar refractivity (Wildman–Crippen MR) is 81.8 cm³/mol. The van der Waals surface area contributed by atoms with Gasteiger partial charge in [-0.25, -0.2) is 4.98 Å². The maximum Gasteiger partial charge on any atom is 0.260 e. The first-order valence-corrected chi connectivity index (χ1v) is 7.26. The van der Waals surface area contributed by atoms with E-state index in [2.05, 4.69) is 15.3 Å². The minimum atomic E-state index is -0.148. The van der Waals surface area contributed by atoms with Crippen LogP contribution < -0.4 is 16.6 Å². The highest BCUT2D eigenvalue weighted by molar-refractivity contribution is 5.81. The third-order valence-electron chi connectivity index (χ3n) is 4.05. The van der Waals surface area contributed by atoms with E-state index in [0.717, 1.165) is 18.9 Å². The standard InChI is InChI=1S/C15H20N4O/c16-11-5-6-13-12(9-11)14(20)19-15(18-13)17-8-7-10-3-1-2-4-10/h5-6,9-10H,1-4,7-8,16H2,(H2,17,18,19,20). The molecule has 0 bridgehead atoms. The molecule has 2 aromatic rings. The van der Waals surface area contributed by atoms with E-state index in [4.69, 9.17) is 5.73 Å². The molecule has 106 valence electrons. The number of nitrogens with two attached hydrogens (primary N) is 1. The molecule has 1 aromatic heterocycles. The molecule has 20 heavy (non-hydrogen) atoms. The fourth-order valence-corrected chi connectivity index (χ4v) is 2.93. The summed E-state index contributed by atoms with van der Waals surface area (Å²) in [5.41, 5.74) is 6.79. The largest absolute Gasteiger partial charge is 0.399 e. The molecular formula is C15H20N4O. The van der Waals surface area contributed by atoms with Crippen molar-refractivity contribution >= 4 is 22.5 Å². The molecule has 0 unspecified atom stereocenters. The third-order valence-corrected chi connectivity index (χ3v) is 4.05. The molecule has 1 heterocycles. The maximum atomic E-state index is 12.0. The molecule has 0 spiro atoms. The quantitative estimate of drug-likeness (QED) is 0.747. The molecule has 1 aliphatic rings. The van der Waals surface area contributed by atoms with Crippen LogP contribution in [0.5, 0.6) is 0 Å². The van der Waals surface area contributed by atoms with Crippen molar-refractivity contribution in [2.24, 2.45) is 5.92 Å². The lowest BCUT2D eigenvalue weighted by atomic mass is 10.0.